The third-order valence-corrected chi connectivity index (χ3v) is 6.03. The number of hydrogen-bond acceptors (Lipinski definition) is 4. The van der Waals surface area contributed by atoms with Gasteiger partial charge in [0.25, 0.3) is 0 Å². The maximum atomic E-state index is 12.7. The number of benzene rings is 2. The smallest absolute Gasteiger partial charge is 0.239 e. The van der Waals surface area contributed by atoms with Crippen molar-refractivity contribution in [2.45, 2.75) is 31.3 Å². The lowest BCUT2D eigenvalue weighted by Crippen LogP contribution is -2.49. The predicted molar refractivity (Wildman–Crippen MR) is 121 cm³/mol. The number of pyridine rings is 1. The van der Waals surface area contributed by atoms with Gasteiger partial charge in [-0.25, -0.2) is 0 Å². The van der Waals surface area contributed by atoms with Gasteiger partial charge in [0.05, 0.1) is 6.04 Å². The van der Waals surface area contributed by atoms with Gasteiger partial charge in [0.2, 0.25) is 5.91 Å². The van der Waals surface area contributed by atoms with Gasteiger partial charge in [0, 0.05) is 47.1 Å². The van der Waals surface area contributed by atoms with Crippen molar-refractivity contribution in [2.24, 2.45) is 5.73 Å². The molecule has 5 nitrogen and oxygen atoms in total. The van der Waals surface area contributed by atoms with Crippen molar-refractivity contribution in [3.05, 3.63) is 71.0 Å². The molecule has 1 aromatic heterocycles. The molecular formula is C23H25BrN4O. The van der Waals surface area contributed by atoms with Crippen molar-refractivity contribution < 1.29 is 4.79 Å². The predicted octanol–water partition coefficient (Wildman–Crippen LogP) is 3.97. The number of piperidine rings is 1. The molecule has 150 valence electrons. The monoisotopic (exact) mass is 452 g/mol. The highest BCUT2D eigenvalue weighted by Gasteiger charge is 2.26. The number of nitrogens with one attached hydrogen (secondary N) is 1. The van der Waals surface area contributed by atoms with E-state index in [0.717, 1.165) is 47.0 Å². The van der Waals surface area contributed by atoms with E-state index in [2.05, 4.69) is 44.4 Å². The molecule has 2 aromatic carbocycles. The number of aromatic nitrogens is 1. The van der Waals surface area contributed by atoms with Crippen LogP contribution in [0.3, 0.4) is 0 Å². The summed E-state index contributed by atoms with van der Waals surface area (Å²) in [6.07, 6.45) is 6.10. The first-order valence-corrected chi connectivity index (χ1v) is 10.8. The Bertz CT molecular complexity index is 984. The number of carbonyl (C=O) groups is 1. The van der Waals surface area contributed by atoms with Crippen molar-refractivity contribution in [1.29, 1.82) is 0 Å². The summed E-state index contributed by atoms with van der Waals surface area (Å²) in [5.74, 6) is 0.0459. The molecule has 4 rings (SSSR count). The van der Waals surface area contributed by atoms with Crippen LogP contribution in [-0.4, -0.2) is 41.0 Å². The number of fused-ring (bicyclic) bond motifs is 1. The summed E-state index contributed by atoms with van der Waals surface area (Å²) in [5.41, 5.74) is 8.40. The molecule has 1 amide bonds. The number of nitrogens with zero attached hydrogens (tertiary/aromatic N) is 2. The van der Waals surface area contributed by atoms with Crippen LogP contribution in [0.25, 0.3) is 10.8 Å². The minimum atomic E-state index is -0.491. The topological polar surface area (TPSA) is 71.2 Å². The molecule has 1 aliphatic heterocycles. The molecule has 0 saturated carbocycles. The zero-order valence-electron chi connectivity index (χ0n) is 16.2. The van der Waals surface area contributed by atoms with Crippen molar-refractivity contribution in [3.63, 3.8) is 0 Å². The van der Waals surface area contributed by atoms with Gasteiger partial charge in [-0.3, -0.25) is 9.78 Å². The molecule has 2 heterocycles. The van der Waals surface area contributed by atoms with Crippen LogP contribution in [0.1, 0.15) is 18.4 Å². The minimum absolute atomic E-state index is 0.0459. The Morgan fingerprint density at radius 1 is 1.14 bits per heavy atom. The number of halogens is 1. The summed E-state index contributed by atoms with van der Waals surface area (Å²) in [4.78, 5) is 18.8. The molecule has 29 heavy (non-hydrogen) atoms. The molecule has 6 heteroatoms. The number of nitrogens with two attached hydrogens (primary N) is 1. The van der Waals surface area contributed by atoms with E-state index < -0.39 is 6.04 Å². The van der Waals surface area contributed by atoms with Gasteiger partial charge < -0.3 is 16.0 Å². The third-order valence-electron chi connectivity index (χ3n) is 5.50. The molecule has 3 aromatic rings. The zero-order chi connectivity index (χ0) is 20.2. The number of hydrogen-bond donors (Lipinski definition) is 2. The molecule has 1 aliphatic rings. The van der Waals surface area contributed by atoms with E-state index in [1.807, 2.05) is 47.6 Å². The Morgan fingerprint density at radius 3 is 2.66 bits per heavy atom. The highest BCUT2D eigenvalue weighted by Crippen LogP contribution is 2.22. The first-order valence-electron chi connectivity index (χ1n) is 9.97. The quantitative estimate of drug-likeness (QED) is 0.614. The van der Waals surface area contributed by atoms with Gasteiger partial charge in [0.1, 0.15) is 0 Å². The fourth-order valence-electron chi connectivity index (χ4n) is 3.85. The van der Waals surface area contributed by atoms with E-state index in [4.69, 9.17) is 5.73 Å². The second-order valence-electron chi connectivity index (χ2n) is 7.62. The first-order chi connectivity index (χ1) is 14.1. The van der Waals surface area contributed by atoms with E-state index in [0.29, 0.717) is 12.5 Å². The molecule has 1 saturated heterocycles. The molecule has 3 N–H and O–H groups in total. The summed E-state index contributed by atoms with van der Waals surface area (Å²) in [7, 11) is 0. The summed E-state index contributed by atoms with van der Waals surface area (Å²) >= 11 is 3.43. The Balaban J connectivity index is 1.30. The van der Waals surface area contributed by atoms with Crippen LogP contribution in [0, 0.1) is 0 Å². The zero-order valence-corrected chi connectivity index (χ0v) is 17.8. The van der Waals surface area contributed by atoms with Crippen LogP contribution in [0.4, 0.5) is 5.69 Å². The average molecular weight is 453 g/mol. The van der Waals surface area contributed by atoms with Gasteiger partial charge in [-0.2, -0.15) is 0 Å². The second kappa shape index (κ2) is 8.93. The Labute approximate surface area is 179 Å². The molecule has 0 aliphatic carbocycles. The second-order valence-corrected chi connectivity index (χ2v) is 8.53. The van der Waals surface area contributed by atoms with Crippen molar-refractivity contribution in [2.75, 3.05) is 18.4 Å². The number of anilines is 1. The molecule has 0 unspecified atom stereocenters. The van der Waals surface area contributed by atoms with E-state index in [1.165, 1.54) is 5.39 Å². The largest absolute Gasteiger partial charge is 0.382 e. The molecule has 1 atom stereocenters. The minimum Gasteiger partial charge on any atom is -0.382 e. The molecule has 0 spiro atoms. The van der Waals surface area contributed by atoms with Crippen molar-refractivity contribution in [1.82, 2.24) is 9.88 Å². The summed E-state index contributed by atoms with van der Waals surface area (Å²) in [6, 6.07) is 16.2. The fourth-order valence-corrected chi connectivity index (χ4v) is 4.11. The van der Waals surface area contributed by atoms with Crippen molar-refractivity contribution >= 4 is 38.3 Å². The molecule has 1 fully saturated rings. The van der Waals surface area contributed by atoms with Crippen LogP contribution in [0.15, 0.2) is 65.4 Å². The SMILES string of the molecule is N[C@@H](Cc1ccc(Br)cc1)C(=O)N1CCC(Nc2ccc3cnccc3c2)CC1. The molecular weight excluding hydrogens is 428 g/mol. The van der Waals surface area contributed by atoms with Crippen LogP contribution in [0.2, 0.25) is 0 Å². The van der Waals surface area contributed by atoms with Crippen LogP contribution in [-0.2, 0) is 11.2 Å². The van der Waals surface area contributed by atoms with E-state index >= 15 is 0 Å². The lowest BCUT2D eigenvalue weighted by atomic mass is 10.0. The van der Waals surface area contributed by atoms with E-state index in [1.54, 1.807) is 0 Å². The first kappa shape index (κ1) is 19.9. The standard InChI is InChI=1S/C23H25BrN4O/c24-19-4-1-16(2-5-19)13-22(25)23(29)28-11-8-20(9-12-28)27-21-6-3-18-15-26-10-7-17(18)14-21/h1-7,10,14-15,20,22,27H,8-9,11-13,25H2/t22-/m0/s1. The van der Waals surface area contributed by atoms with Crippen LogP contribution in [0.5, 0.6) is 0 Å². The van der Waals surface area contributed by atoms with E-state index in [-0.39, 0.29) is 5.91 Å². The van der Waals surface area contributed by atoms with Gasteiger partial charge >= 0.3 is 0 Å². The third kappa shape index (κ3) is 4.95. The number of carbonyl (C=O) groups excluding carboxylic acids is 1. The van der Waals surface area contributed by atoms with Gasteiger partial charge in [-0.15, -0.1) is 0 Å². The van der Waals surface area contributed by atoms with Crippen LogP contribution < -0.4 is 11.1 Å². The Morgan fingerprint density at radius 2 is 1.90 bits per heavy atom. The highest BCUT2D eigenvalue weighted by atomic mass is 79.9. The van der Waals surface area contributed by atoms with Gasteiger partial charge in [0.15, 0.2) is 0 Å². The highest BCUT2D eigenvalue weighted by molar-refractivity contribution is 9.10. The molecule has 0 bridgehead atoms. The fraction of sp³-hybridized carbons (Fsp3) is 0.304. The van der Waals surface area contributed by atoms with Crippen LogP contribution >= 0.6 is 15.9 Å². The summed E-state index contributed by atoms with van der Waals surface area (Å²) in [6.45, 7) is 1.48. The Kier molecular flexibility index (Phi) is 6.11. The maximum absolute atomic E-state index is 12.7. The Hall–Kier alpha value is -2.44. The molecule has 0 radical (unpaired) electrons. The number of likely N-dealkylation sites (tertiary alicyclic amines) is 1. The lowest BCUT2D eigenvalue weighted by molar-refractivity contribution is -0.133. The number of amides is 1. The summed E-state index contributed by atoms with van der Waals surface area (Å²) in [5, 5.41) is 5.93. The van der Waals surface area contributed by atoms with Crippen molar-refractivity contribution in [3.8, 4) is 0 Å². The lowest BCUT2D eigenvalue weighted by Gasteiger charge is -2.34. The maximum Gasteiger partial charge on any atom is 0.239 e. The van der Waals surface area contributed by atoms with Gasteiger partial charge in [-0.05, 0) is 60.5 Å². The van der Waals surface area contributed by atoms with E-state index in [9.17, 15) is 4.79 Å². The summed E-state index contributed by atoms with van der Waals surface area (Å²) < 4.78 is 1.03. The normalized spacial score (nSPS) is 16.0. The number of rotatable bonds is 5. The average Bonchev–Trinajstić information content (AvgIpc) is 2.75. The van der Waals surface area contributed by atoms with Gasteiger partial charge in [-0.1, -0.05) is 34.1 Å².